The average molecular weight is 442 g/mol. The van der Waals surface area contributed by atoms with Crippen molar-refractivity contribution in [2.45, 2.75) is 5.92 Å². The van der Waals surface area contributed by atoms with E-state index in [-0.39, 0.29) is 28.2 Å². The summed E-state index contributed by atoms with van der Waals surface area (Å²) in [5.74, 6) is -7.70. The minimum Gasteiger partial charge on any atom is -0.507 e. The van der Waals surface area contributed by atoms with Crippen LogP contribution in [0.4, 0.5) is 0 Å². The number of methoxy groups -OCH3 is 1. The molecule has 0 aliphatic heterocycles. The van der Waals surface area contributed by atoms with Crippen molar-refractivity contribution in [2.24, 2.45) is 0 Å². The van der Waals surface area contributed by atoms with E-state index < -0.39 is 52.0 Å². The fourth-order valence-electron chi connectivity index (χ4n) is 3.48. The summed E-state index contributed by atoms with van der Waals surface area (Å²) >= 11 is 0. The van der Waals surface area contributed by atoms with Gasteiger partial charge >= 0.3 is 11.9 Å². The monoisotopic (exact) mass is 442 g/mol. The number of phenols is 5. The second-order valence-corrected chi connectivity index (χ2v) is 6.77. The highest BCUT2D eigenvalue weighted by atomic mass is 16.5. The van der Waals surface area contributed by atoms with Crippen molar-refractivity contribution in [3.05, 3.63) is 70.3 Å². The molecule has 10 heteroatoms. The third kappa shape index (κ3) is 3.65. The molecular weight excluding hydrogens is 424 g/mol. The first-order valence-electron chi connectivity index (χ1n) is 9.01. The van der Waals surface area contributed by atoms with Crippen LogP contribution in [0.2, 0.25) is 0 Å². The van der Waals surface area contributed by atoms with Gasteiger partial charge in [0.05, 0.1) is 7.11 Å². The van der Waals surface area contributed by atoms with Crippen molar-refractivity contribution in [3.63, 3.8) is 0 Å². The Bertz CT molecular complexity index is 1160. The number of carboxylic acid groups (broad SMARTS) is 2. The van der Waals surface area contributed by atoms with E-state index in [1.54, 1.807) is 0 Å². The molecule has 0 saturated heterocycles. The van der Waals surface area contributed by atoms with E-state index in [0.717, 1.165) is 12.1 Å². The summed E-state index contributed by atoms with van der Waals surface area (Å²) in [4.78, 5) is 23.1. The maximum atomic E-state index is 11.6. The number of benzene rings is 3. The van der Waals surface area contributed by atoms with Gasteiger partial charge in [0, 0.05) is 17.0 Å². The fraction of sp³-hybridized carbons (Fsp3) is 0.0909. The van der Waals surface area contributed by atoms with Crippen LogP contribution in [-0.4, -0.2) is 54.8 Å². The van der Waals surface area contributed by atoms with Gasteiger partial charge in [-0.25, -0.2) is 9.59 Å². The van der Waals surface area contributed by atoms with Crippen LogP contribution >= 0.6 is 0 Å². The number of ether oxygens (including phenoxy) is 1. The van der Waals surface area contributed by atoms with Crippen LogP contribution in [0.3, 0.4) is 0 Å². The summed E-state index contributed by atoms with van der Waals surface area (Å²) in [7, 11) is 1.29. The highest BCUT2D eigenvalue weighted by molar-refractivity contribution is 5.96. The molecule has 0 aromatic heterocycles. The molecule has 0 spiro atoms. The SMILES string of the molecule is COc1cc(C(c2ccc(O)c(C(=O)O)c2O)c2ccc(O)c(C(=O)O)c2O)ccc1O. The highest BCUT2D eigenvalue weighted by Crippen LogP contribution is 2.46. The third-order valence-corrected chi connectivity index (χ3v) is 4.96. The van der Waals surface area contributed by atoms with Crippen LogP contribution in [-0.2, 0) is 0 Å². The van der Waals surface area contributed by atoms with Gasteiger partial charge in [0.15, 0.2) is 11.5 Å². The number of aromatic carboxylic acids is 2. The minimum atomic E-state index is -1.62. The van der Waals surface area contributed by atoms with Crippen LogP contribution in [0.5, 0.6) is 34.5 Å². The molecule has 3 rings (SSSR count). The molecule has 0 fully saturated rings. The highest BCUT2D eigenvalue weighted by Gasteiger charge is 2.30. The Morgan fingerprint density at radius 3 is 1.56 bits per heavy atom. The van der Waals surface area contributed by atoms with Crippen LogP contribution in [0.1, 0.15) is 43.3 Å². The molecule has 0 aliphatic rings. The first-order valence-corrected chi connectivity index (χ1v) is 9.01. The van der Waals surface area contributed by atoms with Gasteiger partial charge < -0.3 is 40.5 Å². The molecule has 0 bridgehead atoms. The second kappa shape index (κ2) is 8.26. The lowest BCUT2D eigenvalue weighted by Crippen LogP contribution is -2.09. The molecule has 0 radical (unpaired) electrons. The van der Waals surface area contributed by atoms with Crippen molar-refractivity contribution in [1.82, 2.24) is 0 Å². The number of rotatable bonds is 6. The maximum Gasteiger partial charge on any atom is 0.343 e. The largest absolute Gasteiger partial charge is 0.507 e. The van der Waals surface area contributed by atoms with Gasteiger partial charge in [0.1, 0.15) is 34.1 Å². The van der Waals surface area contributed by atoms with Gasteiger partial charge in [-0.15, -0.1) is 0 Å². The zero-order chi connectivity index (χ0) is 23.7. The van der Waals surface area contributed by atoms with E-state index in [1.807, 2.05) is 0 Å². The van der Waals surface area contributed by atoms with Crippen molar-refractivity contribution >= 4 is 11.9 Å². The summed E-state index contributed by atoms with van der Waals surface area (Å²) < 4.78 is 5.09. The van der Waals surface area contributed by atoms with Gasteiger partial charge in [-0.1, -0.05) is 18.2 Å². The summed E-state index contributed by atoms with van der Waals surface area (Å²) in [6.45, 7) is 0. The molecule has 0 amide bonds. The average Bonchev–Trinajstić information content (AvgIpc) is 2.71. The Hall–Kier alpha value is -4.60. The molecule has 3 aromatic carbocycles. The van der Waals surface area contributed by atoms with Gasteiger partial charge in [0.2, 0.25) is 0 Å². The van der Waals surface area contributed by atoms with E-state index in [4.69, 9.17) is 4.74 Å². The van der Waals surface area contributed by atoms with Crippen LogP contribution in [0.25, 0.3) is 0 Å². The predicted molar refractivity (Wildman–Crippen MR) is 109 cm³/mol. The molecule has 0 atom stereocenters. The van der Waals surface area contributed by atoms with Crippen LogP contribution in [0, 0.1) is 0 Å². The van der Waals surface area contributed by atoms with Crippen molar-refractivity contribution in [1.29, 1.82) is 0 Å². The molecule has 0 heterocycles. The topological polar surface area (TPSA) is 185 Å². The lowest BCUT2D eigenvalue weighted by molar-refractivity contribution is 0.0678. The first-order chi connectivity index (χ1) is 15.1. The quantitative estimate of drug-likeness (QED) is 0.280. The first kappa shape index (κ1) is 22.1. The molecule has 166 valence electrons. The maximum absolute atomic E-state index is 11.6. The minimum absolute atomic E-state index is 0.0148. The van der Waals surface area contributed by atoms with Crippen molar-refractivity contribution in [2.75, 3.05) is 7.11 Å². The zero-order valence-corrected chi connectivity index (χ0v) is 16.5. The third-order valence-electron chi connectivity index (χ3n) is 4.96. The van der Waals surface area contributed by atoms with Crippen LogP contribution < -0.4 is 4.74 Å². The zero-order valence-electron chi connectivity index (χ0n) is 16.5. The number of aromatic hydroxyl groups is 5. The fourth-order valence-corrected chi connectivity index (χ4v) is 3.48. The van der Waals surface area contributed by atoms with Gasteiger partial charge in [-0.3, -0.25) is 0 Å². The Morgan fingerprint density at radius 1 is 0.719 bits per heavy atom. The number of hydrogen-bond acceptors (Lipinski definition) is 8. The lowest BCUT2D eigenvalue weighted by Gasteiger charge is -2.23. The number of hydrogen-bond donors (Lipinski definition) is 7. The molecule has 0 unspecified atom stereocenters. The predicted octanol–water partition coefficient (Wildman–Crippen LogP) is 2.80. The Labute approximate surface area is 180 Å². The van der Waals surface area contributed by atoms with Crippen molar-refractivity contribution in [3.8, 4) is 34.5 Å². The van der Waals surface area contributed by atoms with Gasteiger partial charge in [0.25, 0.3) is 0 Å². The molecular formula is C22H18O10. The standard InChI is InChI=1S/C22H18O10/c1-32-15-8-9(2-5-12(15)23)16(10-3-6-13(24)17(19(10)26)21(28)29)11-4-7-14(25)18(20(11)27)22(30)31/h2-8,16,23-27H,1H3,(H,28,29)(H,30,31). The number of carboxylic acids is 2. The normalized spacial score (nSPS) is 10.8. The summed E-state index contributed by atoms with van der Waals surface area (Å²) in [6.07, 6.45) is 0. The molecule has 0 saturated carbocycles. The summed E-state index contributed by atoms with van der Waals surface area (Å²) in [6, 6.07) is 8.45. The number of phenolic OH excluding ortho intramolecular Hbond substituents is 1. The number of carbonyl (C=O) groups is 2. The molecule has 10 nitrogen and oxygen atoms in total. The van der Waals surface area contributed by atoms with E-state index in [2.05, 4.69) is 0 Å². The van der Waals surface area contributed by atoms with Gasteiger partial charge in [-0.05, 0) is 29.8 Å². The summed E-state index contributed by atoms with van der Waals surface area (Å²) in [5.41, 5.74) is -1.55. The van der Waals surface area contributed by atoms with Gasteiger partial charge in [-0.2, -0.15) is 0 Å². The van der Waals surface area contributed by atoms with E-state index in [9.17, 15) is 45.3 Å². The molecule has 7 N–H and O–H groups in total. The molecule has 32 heavy (non-hydrogen) atoms. The molecule has 0 aliphatic carbocycles. The van der Waals surface area contributed by atoms with E-state index >= 15 is 0 Å². The smallest absolute Gasteiger partial charge is 0.343 e. The Morgan fingerprint density at radius 2 is 1.16 bits per heavy atom. The second-order valence-electron chi connectivity index (χ2n) is 6.77. The lowest BCUT2D eigenvalue weighted by atomic mass is 9.82. The van der Waals surface area contributed by atoms with E-state index in [0.29, 0.717) is 0 Å². The Kier molecular flexibility index (Phi) is 5.71. The van der Waals surface area contributed by atoms with Crippen molar-refractivity contribution < 1.29 is 50.1 Å². The summed E-state index contributed by atoms with van der Waals surface area (Å²) in [5, 5.41) is 69.8. The Balaban J connectivity index is 2.41. The molecule has 3 aromatic rings. The van der Waals surface area contributed by atoms with E-state index in [1.165, 1.54) is 37.4 Å². The van der Waals surface area contributed by atoms with Crippen LogP contribution in [0.15, 0.2) is 42.5 Å².